The fourth-order valence-corrected chi connectivity index (χ4v) is 4.29. The van der Waals surface area contributed by atoms with E-state index in [4.69, 9.17) is 4.74 Å². The number of carbonyl (C=O) groups is 1. The van der Waals surface area contributed by atoms with Gasteiger partial charge in [0, 0.05) is 46.8 Å². The van der Waals surface area contributed by atoms with E-state index < -0.39 is 17.7 Å². The third-order valence-corrected chi connectivity index (χ3v) is 6.46. The summed E-state index contributed by atoms with van der Waals surface area (Å²) in [5, 5.41) is 0.684. The molecule has 1 heterocycles. The van der Waals surface area contributed by atoms with Gasteiger partial charge in [-0.3, -0.25) is 0 Å². The SMILES string of the molecule is CCN(CC)C(=O)Oc1ccc2c(ccn2Cc2cc(F)ccc2Br)c1-c1ccc(F)c(F)c1. The fourth-order valence-electron chi connectivity index (χ4n) is 3.91. The van der Waals surface area contributed by atoms with Gasteiger partial charge in [0.25, 0.3) is 0 Å². The van der Waals surface area contributed by atoms with E-state index in [1.54, 1.807) is 18.2 Å². The highest BCUT2D eigenvalue weighted by Gasteiger charge is 2.20. The summed E-state index contributed by atoms with van der Waals surface area (Å²) in [5.74, 6) is -2.08. The Morgan fingerprint density at radius 1 is 0.971 bits per heavy atom. The molecular weight excluding hydrogens is 509 g/mol. The summed E-state index contributed by atoms with van der Waals surface area (Å²) in [6.07, 6.45) is 1.29. The topological polar surface area (TPSA) is 34.5 Å². The van der Waals surface area contributed by atoms with Gasteiger partial charge in [-0.05, 0) is 73.5 Å². The fraction of sp³-hybridized carbons (Fsp3) is 0.192. The number of hydrogen-bond acceptors (Lipinski definition) is 2. The second-order valence-corrected chi connectivity index (χ2v) is 8.57. The van der Waals surface area contributed by atoms with Crippen LogP contribution in [0.5, 0.6) is 5.75 Å². The summed E-state index contributed by atoms with van der Waals surface area (Å²) in [7, 11) is 0. The predicted molar refractivity (Wildman–Crippen MR) is 129 cm³/mol. The van der Waals surface area contributed by atoms with E-state index in [0.29, 0.717) is 36.1 Å². The molecule has 4 nitrogen and oxygen atoms in total. The highest BCUT2D eigenvalue weighted by atomic mass is 79.9. The van der Waals surface area contributed by atoms with Crippen LogP contribution >= 0.6 is 15.9 Å². The van der Waals surface area contributed by atoms with Crippen molar-refractivity contribution in [1.82, 2.24) is 9.47 Å². The molecule has 1 amide bonds. The molecule has 0 spiro atoms. The van der Waals surface area contributed by atoms with Crippen molar-refractivity contribution < 1.29 is 22.7 Å². The van der Waals surface area contributed by atoms with Gasteiger partial charge in [-0.25, -0.2) is 18.0 Å². The molecule has 0 atom stereocenters. The predicted octanol–water partition coefficient (Wildman–Crippen LogP) is 7.38. The maximum Gasteiger partial charge on any atom is 0.415 e. The van der Waals surface area contributed by atoms with E-state index >= 15 is 0 Å². The average molecular weight is 531 g/mol. The lowest BCUT2D eigenvalue weighted by Gasteiger charge is -2.20. The number of carbonyl (C=O) groups excluding carboxylic acids is 1. The molecule has 0 radical (unpaired) electrons. The molecule has 0 aliphatic heterocycles. The first-order valence-corrected chi connectivity index (χ1v) is 11.6. The smallest absolute Gasteiger partial charge is 0.410 e. The summed E-state index contributed by atoms with van der Waals surface area (Å²) in [4.78, 5) is 14.2. The average Bonchev–Trinajstić information content (AvgIpc) is 3.21. The van der Waals surface area contributed by atoms with E-state index in [1.165, 1.54) is 23.1 Å². The van der Waals surface area contributed by atoms with E-state index in [2.05, 4.69) is 15.9 Å². The quantitative estimate of drug-likeness (QED) is 0.260. The first-order chi connectivity index (χ1) is 16.3. The van der Waals surface area contributed by atoms with Crippen LogP contribution in [0.2, 0.25) is 0 Å². The van der Waals surface area contributed by atoms with Crippen molar-refractivity contribution in [3.63, 3.8) is 0 Å². The van der Waals surface area contributed by atoms with Crippen LogP contribution in [-0.2, 0) is 6.54 Å². The molecule has 8 heteroatoms. The number of halogens is 4. The molecule has 3 aromatic carbocycles. The van der Waals surface area contributed by atoms with Gasteiger partial charge in [0.15, 0.2) is 11.6 Å². The second kappa shape index (κ2) is 9.93. The molecule has 0 N–H and O–H groups in total. The Kier molecular flexibility index (Phi) is 6.97. The van der Waals surface area contributed by atoms with Crippen molar-refractivity contribution in [3.05, 3.63) is 88.3 Å². The van der Waals surface area contributed by atoms with Crippen LogP contribution < -0.4 is 4.74 Å². The largest absolute Gasteiger partial charge is 0.415 e. The highest BCUT2D eigenvalue weighted by Crippen LogP contribution is 2.39. The summed E-state index contributed by atoms with van der Waals surface area (Å²) < 4.78 is 49.9. The Morgan fingerprint density at radius 2 is 1.74 bits per heavy atom. The van der Waals surface area contributed by atoms with Gasteiger partial charge >= 0.3 is 6.09 Å². The minimum atomic E-state index is -1.00. The first-order valence-electron chi connectivity index (χ1n) is 10.8. The molecule has 0 bridgehead atoms. The summed E-state index contributed by atoms with van der Waals surface area (Å²) in [5.41, 5.74) is 2.34. The third-order valence-electron chi connectivity index (χ3n) is 5.69. The minimum absolute atomic E-state index is 0.236. The molecule has 0 aliphatic carbocycles. The molecule has 0 aliphatic rings. The lowest BCUT2D eigenvalue weighted by Crippen LogP contribution is -2.33. The Labute approximate surface area is 203 Å². The molecule has 34 heavy (non-hydrogen) atoms. The number of nitrogens with zero attached hydrogens (tertiary/aromatic N) is 2. The summed E-state index contributed by atoms with van der Waals surface area (Å²) >= 11 is 3.45. The Balaban J connectivity index is 1.85. The van der Waals surface area contributed by atoms with Crippen molar-refractivity contribution >= 4 is 32.9 Å². The highest BCUT2D eigenvalue weighted by molar-refractivity contribution is 9.10. The Bertz CT molecular complexity index is 1370. The normalized spacial score (nSPS) is 11.1. The number of fused-ring (bicyclic) bond motifs is 1. The van der Waals surface area contributed by atoms with Crippen molar-refractivity contribution in [1.29, 1.82) is 0 Å². The van der Waals surface area contributed by atoms with Crippen LogP contribution in [0.1, 0.15) is 19.4 Å². The number of benzene rings is 3. The van der Waals surface area contributed by atoms with Crippen LogP contribution in [-0.4, -0.2) is 28.6 Å². The zero-order valence-electron chi connectivity index (χ0n) is 18.6. The summed E-state index contributed by atoms with van der Waals surface area (Å²) in [6, 6.07) is 13.3. The van der Waals surface area contributed by atoms with E-state index in [1.807, 2.05) is 30.7 Å². The second-order valence-electron chi connectivity index (χ2n) is 7.72. The maximum atomic E-state index is 14.1. The molecule has 4 aromatic rings. The molecule has 4 rings (SSSR count). The van der Waals surface area contributed by atoms with Crippen molar-refractivity contribution in [3.8, 4) is 16.9 Å². The lowest BCUT2D eigenvalue weighted by atomic mass is 10.00. The zero-order chi connectivity index (χ0) is 24.4. The van der Waals surface area contributed by atoms with Crippen LogP contribution in [0.3, 0.4) is 0 Å². The summed E-state index contributed by atoms with van der Waals surface area (Å²) in [6.45, 7) is 5.00. The maximum absolute atomic E-state index is 14.1. The monoisotopic (exact) mass is 530 g/mol. The van der Waals surface area contributed by atoms with E-state index in [-0.39, 0.29) is 11.6 Å². The van der Waals surface area contributed by atoms with Crippen LogP contribution in [0.4, 0.5) is 18.0 Å². The zero-order valence-corrected chi connectivity index (χ0v) is 20.2. The van der Waals surface area contributed by atoms with Gasteiger partial charge in [-0.1, -0.05) is 22.0 Å². The van der Waals surface area contributed by atoms with Crippen molar-refractivity contribution in [2.24, 2.45) is 0 Å². The number of ether oxygens (including phenoxy) is 1. The molecule has 0 fully saturated rings. The molecule has 1 aromatic heterocycles. The van der Waals surface area contributed by atoms with Gasteiger partial charge in [0.05, 0.1) is 0 Å². The van der Waals surface area contributed by atoms with Gasteiger partial charge in [-0.15, -0.1) is 0 Å². The lowest BCUT2D eigenvalue weighted by molar-refractivity contribution is 0.157. The molecular formula is C26H22BrF3N2O2. The van der Waals surface area contributed by atoms with Crippen molar-refractivity contribution in [2.75, 3.05) is 13.1 Å². The number of hydrogen-bond donors (Lipinski definition) is 0. The number of rotatable bonds is 6. The van der Waals surface area contributed by atoms with Crippen LogP contribution in [0, 0.1) is 17.5 Å². The first kappa shape index (κ1) is 23.9. The van der Waals surface area contributed by atoms with Crippen LogP contribution in [0.15, 0.2) is 65.3 Å². The standard InChI is InChI=1S/C26H22BrF3N2O2/c1-3-31(4-2)26(33)34-24-10-9-23-19(25(24)16-5-8-21(29)22(30)14-16)11-12-32(23)15-17-13-18(28)6-7-20(17)27/h5-14H,3-4,15H2,1-2H3. The molecule has 0 unspecified atom stereocenters. The van der Waals surface area contributed by atoms with Gasteiger partial charge in [0.1, 0.15) is 11.6 Å². The molecule has 0 saturated carbocycles. The van der Waals surface area contributed by atoms with Crippen LogP contribution in [0.25, 0.3) is 22.0 Å². The number of aromatic nitrogens is 1. The Morgan fingerprint density at radius 3 is 2.44 bits per heavy atom. The van der Waals surface area contributed by atoms with Gasteiger partial charge in [0.2, 0.25) is 0 Å². The van der Waals surface area contributed by atoms with Gasteiger partial charge in [-0.2, -0.15) is 0 Å². The third kappa shape index (κ3) is 4.68. The van der Waals surface area contributed by atoms with Crippen molar-refractivity contribution in [2.45, 2.75) is 20.4 Å². The van der Waals surface area contributed by atoms with E-state index in [0.717, 1.165) is 27.7 Å². The van der Waals surface area contributed by atoms with Gasteiger partial charge < -0.3 is 14.2 Å². The molecule has 0 saturated heterocycles. The Hall–Kier alpha value is -3.26. The number of amides is 1. The van der Waals surface area contributed by atoms with E-state index in [9.17, 15) is 18.0 Å². The minimum Gasteiger partial charge on any atom is -0.410 e. The molecule has 176 valence electrons.